The molecule has 0 aromatic rings. The summed E-state index contributed by atoms with van der Waals surface area (Å²) in [5.74, 6) is 0.0153. The van der Waals surface area contributed by atoms with E-state index < -0.39 is 6.10 Å². The van der Waals surface area contributed by atoms with Crippen LogP contribution in [0.1, 0.15) is 52.9 Å². The molecule has 0 saturated carbocycles. The maximum absolute atomic E-state index is 11.6. The van der Waals surface area contributed by atoms with Crippen LogP contribution < -0.4 is 5.43 Å². The van der Waals surface area contributed by atoms with Crippen LogP contribution in [-0.2, 0) is 4.79 Å². The van der Waals surface area contributed by atoms with Crippen molar-refractivity contribution in [2.24, 2.45) is 0 Å². The first-order chi connectivity index (χ1) is 7.50. The lowest BCUT2D eigenvalue weighted by Crippen LogP contribution is -2.54. The van der Waals surface area contributed by atoms with Gasteiger partial charge in [0.1, 0.15) is 0 Å². The number of amides is 1. The molecule has 1 aliphatic rings. The van der Waals surface area contributed by atoms with E-state index in [4.69, 9.17) is 5.11 Å². The second kappa shape index (κ2) is 6.21. The number of aliphatic hydroxyl groups excluding tert-OH is 1. The minimum atomic E-state index is -0.401. The van der Waals surface area contributed by atoms with Crippen LogP contribution in [0, 0.1) is 0 Å². The van der Waals surface area contributed by atoms with Crippen LogP contribution in [0.15, 0.2) is 0 Å². The number of nitrogens with one attached hydrogen (secondary N) is 1. The lowest BCUT2D eigenvalue weighted by molar-refractivity contribution is -0.129. The summed E-state index contributed by atoms with van der Waals surface area (Å²) in [6.45, 7) is 5.99. The van der Waals surface area contributed by atoms with Gasteiger partial charge < -0.3 is 5.11 Å². The summed E-state index contributed by atoms with van der Waals surface area (Å²) < 4.78 is 0. The van der Waals surface area contributed by atoms with E-state index in [0.717, 1.165) is 12.8 Å². The minimum absolute atomic E-state index is 0.0153. The Labute approximate surface area is 98.0 Å². The molecule has 0 aromatic heterocycles. The van der Waals surface area contributed by atoms with Gasteiger partial charge in [-0.3, -0.25) is 10.2 Å². The number of hydrazine groups is 1. The summed E-state index contributed by atoms with van der Waals surface area (Å²) in [6.07, 6.45) is 4.04. The summed E-state index contributed by atoms with van der Waals surface area (Å²) >= 11 is 0. The monoisotopic (exact) mass is 228 g/mol. The van der Waals surface area contributed by atoms with Crippen molar-refractivity contribution in [2.75, 3.05) is 0 Å². The number of hydrogen-bond acceptors (Lipinski definition) is 3. The van der Waals surface area contributed by atoms with Crippen molar-refractivity contribution in [1.82, 2.24) is 10.4 Å². The Balaban J connectivity index is 2.36. The summed E-state index contributed by atoms with van der Waals surface area (Å²) in [6, 6.07) is 0.832. The zero-order chi connectivity index (χ0) is 12.1. The Morgan fingerprint density at radius 3 is 2.50 bits per heavy atom. The van der Waals surface area contributed by atoms with E-state index in [2.05, 4.69) is 24.3 Å². The van der Waals surface area contributed by atoms with Gasteiger partial charge in [-0.25, -0.2) is 5.01 Å². The number of hydrogen-bond donors (Lipinski definition) is 2. The third-order valence-corrected chi connectivity index (χ3v) is 3.24. The fraction of sp³-hybridized carbons (Fsp3) is 0.917. The summed E-state index contributed by atoms with van der Waals surface area (Å²) in [4.78, 5) is 11.6. The van der Waals surface area contributed by atoms with Gasteiger partial charge in [0.15, 0.2) is 0 Å². The molecule has 3 unspecified atom stereocenters. The van der Waals surface area contributed by atoms with Crippen LogP contribution in [0.5, 0.6) is 0 Å². The molecule has 16 heavy (non-hydrogen) atoms. The van der Waals surface area contributed by atoms with Gasteiger partial charge in [0.2, 0.25) is 5.91 Å². The van der Waals surface area contributed by atoms with E-state index in [-0.39, 0.29) is 5.91 Å². The normalized spacial score (nSPS) is 28.8. The first-order valence-corrected chi connectivity index (χ1v) is 6.26. The number of carbonyl (C=O) groups excluding carboxylic acids is 1. The molecule has 3 atom stereocenters. The Bertz CT molecular complexity index is 221. The second-order valence-electron chi connectivity index (χ2n) is 4.96. The Morgan fingerprint density at radius 1 is 1.44 bits per heavy atom. The largest absolute Gasteiger partial charge is 0.393 e. The molecule has 1 heterocycles. The Hall–Kier alpha value is -0.610. The molecular weight excluding hydrogens is 204 g/mol. The summed E-state index contributed by atoms with van der Waals surface area (Å²) in [7, 11) is 0. The molecule has 0 radical (unpaired) electrons. The van der Waals surface area contributed by atoms with Crippen molar-refractivity contribution in [2.45, 2.75) is 71.1 Å². The molecule has 1 saturated heterocycles. The van der Waals surface area contributed by atoms with Crippen molar-refractivity contribution in [3.8, 4) is 0 Å². The van der Waals surface area contributed by atoms with Gasteiger partial charge in [0.05, 0.1) is 6.10 Å². The highest BCUT2D eigenvalue weighted by atomic mass is 16.3. The quantitative estimate of drug-likeness (QED) is 0.765. The van der Waals surface area contributed by atoms with Crippen molar-refractivity contribution >= 4 is 5.91 Å². The molecule has 4 heteroatoms. The van der Waals surface area contributed by atoms with Gasteiger partial charge in [-0.05, 0) is 40.0 Å². The number of aliphatic hydroxyl groups is 1. The van der Waals surface area contributed by atoms with E-state index in [1.165, 1.54) is 6.42 Å². The Morgan fingerprint density at radius 2 is 2.00 bits per heavy atom. The predicted octanol–water partition coefficient (Wildman–Crippen LogP) is 1.44. The Kier molecular flexibility index (Phi) is 5.22. The highest BCUT2D eigenvalue weighted by molar-refractivity contribution is 5.75. The van der Waals surface area contributed by atoms with Crippen molar-refractivity contribution in [1.29, 1.82) is 0 Å². The van der Waals surface area contributed by atoms with Gasteiger partial charge >= 0.3 is 0 Å². The molecular formula is C12H24N2O2. The lowest BCUT2D eigenvalue weighted by atomic mass is 10.00. The third-order valence-electron chi connectivity index (χ3n) is 3.24. The van der Waals surface area contributed by atoms with Crippen molar-refractivity contribution in [3.05, 3.63) is 0 Å². The summed E-state index contributed by atoms with van der Waals surface area (Å²) in [5.41, 5.74) is 2.96. The SMILES string of the molecule is CC(O)CCC(=O)NN1C(C)CCCC1C. The molecule has 94 valence electrons. The zero-order valence-corrected chi connectivity index (χ0v) is 10.6. The van der Waals surface area contributed by atoms with Gasteiger partial charge in [-0.1, -0.05) is 6.42 Å². The van der Waals surface area contributed by atoms with E-state index in [1.54, 1.807) is 6.92 Å². The molecule has 0 bridgehead atoms. The van der Waals surface area contributed by atoms with E-state index in [1.807, 2.05) is 0 Å². The third kappa shape index (κ3) is 4.10. The van der Waals surface area contributed by atoms with Crippen LogP contribution in [-0.4, -0.2) is 34.2 Å². The maximum atomic E-state index is 11.6. The average Bonchev–Trinajstić information content (AvgIpc) is 2.21. The van der Waals surface area contributed by atoms with E-state index in [9.17, 15) is 4.79 Å². The predicted molar refractivity (Wildman–Crippen MR) is 63.7 cm³/mol. The van der Waals surface area contributed by atoms with Gasteiger partial charge in [0.25, 0.3) is 0 Å². The molecule has 1 aliphatic heterocycles. The van der Waals surface area contributed by atoms with E-state index >= 15 is 0 Å². The molecule has 2 N–H and O–H groups in total. The van der Waals surface area contributed by atoms with Gasteiger partial charge in [0, 0.05) is 18.5 Å². The molecule has 0 aliphatic carbocycles. The smallest absolute Gasteiger partial charge is 0.234 e. The standard InChI is InChI=1S/C12H24N2O2/c1-9-5-4-6-10(2)14(9)13-12(16)8-7-11(3)15/h9-11,15H,4-8H2,1-3H3,(H,13,16). The molecule has 0 aromatic carbocycles. The minimum Gasteiger partial charge on any atom is -0.393 e. The molecule has 0 spiro atoms. The number of rotatable bonds is 4. The van der Waals surface area contributed by atoms with Crippen molar-refractivity contribution < 1.29 is 9.90 Å². The molecule has 1 rings (SSSR count). The zero-order valence-electron chi connectivity index (χ0n) is 10.6. The second-order valence-corrected chi connectivity index (χ2v) is 4.96. The van der Waals surface area contributed by atoms with Crippen LogP contribution in [0.3, 0.4) is 0 Å². The number of piperidine rings is 1. The highest BCUT2D eigenvalue weighted by Crippen LogP contribution is 2.20. The van der Waals surface area contributed by atoms with Crippen LogP contribution in [0.25, 0.3) is 0 Å². The summed E-state index contributed by atoms with van der Waals surface area (Å²) in [5, 5.41) is 11.2. The molecule has 1 amide bonds. The molecule has 1 fully saturated rings. The fourth-order valence-electron chi connectivity index (χ4n) is 2.18. The topological polar surface area (TPSA) is 52.6 Å². The highest BCUT2D eigenvalue weighted by Gasteiger charge is 2.25. The fourth-order valence-corrected chi connectivity index (χ4v) is 2.18. The van der Waals surface area contributed by atoms with Crippen molar-refractivity contribution in [3.63, 3.8) is 0 Å². The number of nitrogens with zero attached hydrogens (tertiary/aromatic N) is 1. The molecule has 4 nitrogen and oxygen atoms in total. The number of carbonyl (C=O) groups is 1. The maximum Gasteiger partial charge on any atom is 0.234 e. The van der Waals surface area contributed by atoms with Gasteiger partial charge in [-0.15, -0.1) is 0 Å². The first-order valence-electron chi connectivity index (χ1n) is 6.26. The van der Waals surface area contributed by atoms with E-state index in [0.29, 0.717) is 24.9 Å². The first kappa shape index (κ1) is 13.5. The lowest BCUT2D eigenvalue weighted by Gasteiger charge is -2.38. The van der Waals surface area contributed by atoms with Gasteiger partial charge in [-0.2, -0.15) is 0 Å². The van der Waals surface area contributed by atoms with Crippen LogP contribution >= 0.6 is 0 Å². The van der Waals surface area contributed by atoms with Crippen LogP contribution in [0.4, 0.5) is 0 Å². The van der Waals surface area contributed by atoms with Crippen LogP contribution in [0.2, 0.25) is 0 Å². The average molecular weight is 228 g/mol.